The van der Waals surface area contributed by atoms with Crippen LogP contribution in [0.15, 0.2) is 34.1 Å². The van der Waals surface area contributed by atoms with Gasteiger partial charge in [0.15, 0.2) is 0 Å². The summed E-state index contributed by atoms with van der Waals surface area (Å²) in [5.41, 5.74) is 0.928. The van der Waals surface area contributed by atoms with Crippen LogP contribution in [0.3, 0.4) is 0 Å². The zero-order valence-corrected chi connectivity index (χ0v) is 12.6. The summed E-state index contributed by atoms with van der Waals surface area (Å²) >= 11 is 5.23. The van der Waals surface area contributed by atoms with E-state index < -0.39 is 0 Å². The van der Waals surface area contributed by atoms with E-state index in [0.717, 1.165) is 28.2 Å². The number of hydrogen-bond donors (Lipinski definition) is 1. The van der Waals surface area contributed by atoms with Crippen LogP contribution in [-0.2, 0) is 6.54 Å². The van der Waals surface area contributed by atoms with Gasteiger partial charge < -0.3 is 14.8 Å². The average molecular weight is 328 g/mol. The van der Waals surface area contributed by atoms with Gasteiger partial charge >= 0.3 is 0 Å². The molecule has 1 N–H and O–H groups in total. The van der Waals surface area contributed by atoms with Crippen LogP contribution >= 0.6 is 27.3 Å². The Morgan fingerprint density at radius 1 is 1.22 bits per heavy atom. The van der Waals surface area contributed by atoms with Crippen LogP contribution in [0.25, 0.3) is 0 Å². The van der Waals surface area contributed by atoms with E-state index in [4.69, 9.17) is 9.47 Å². The lowest BCUT2D eigenvalue weighted by Crippen LogP contribution is -2.00. The molecule has 0 fully saturated rings. The number of nitrogens with one attached hydrogen (secondary N) is 1. The number of ether oxygens (including phenoxy) is 2. The molecule has 0 saturated carbocycles. The Bertz CT molecular complexity index is 527. The van der Waals surface area contributed by atoms with Crippen LogP contribution in [0.5, 0.6) is 11.5 Å². The fourth-order valence-electron chi connectivity index (χ4n) is 1.58. The van der Waals surface area contributed by atoms with Gasteiger partial charge in [0, 0.05) is 15.4 Å². The van der Waals surface area contributed by atoms with E-state index >= 15 is 0 Å². The van der Waals surface area contributed by atoms with Crippen LogP contribution in [0, 0.1) is 0 Å². The quantitative estimate of drug-likeness (QED) is 0.895. The second-order valence-electron chi connectivity index (χ2n) is 3.61. The first-order valence-corrected chi connectivity index (χ1v) is 7.09. The molecule has 0 aliphatic rings. The van der Waals surface area contributed by atoms with Crippen LogP contribution in [-0.4, -0.2) is 14.2 Å². The minimum Gasteiger partial charge on any atom is -0.497 e. The van der Waals surface area contributed by atoms with E-state index in [0.29, 0.717) is 0 Å². The highest BCUT2D eigenvalue weighted by Crippen LogP contribution is 2.30. The number of methoxy groups -OCH3 is 2. The molecule has 3 nitrogen and oxygen atoms in total. The lowest BCUT2D eigenvalue weighted by Gasteiger charge is -2.12. The summed E-state index contributed by atoms with van der Waals surface area (Å²) in [4.78, 5) is 1.25. The van der Waals surface area contributed by atoms with E-state index in [2.05, 4.69) is 26.6 Å². The van der Waals surface area contributed by atoms with Gasteiger partial charge in [0.25, 0.3) is 0 Å². The van der Waals surface area contributed by atoms with Crippen LogP contribution < -0.4 is 14.8 Å². The van der Waals surface area contributed by atoms with E-state index in [1.54, 1.807) is 25.6 Å². The molecular formula is C13H14BrNO2S. The summed E-state index contributed by atoms with van der Waals surface area (Å²) in [6.45, 7) is 0.752. The minimum atomic E-state index is 0.752. The van der Waals surface area contributed by atoms with Gasteiger partial charge in [0.1, 0.15) is 11.5 Å². The average Bonchev–Trinajstić information content (AvgIpc) is 2.81. The molecule has 0 saturated heterocycles. The summed E-state index contributed by atoms with van der Waals surface area (Å²) in [6.07, 6.45) is 0. The molecule has 1 aromatic carbocycles. The molecule has 0 unspecified atom stereocenters. The number of rotatable bonds is 5. The number of thiophene rings is 1. The summed E-state index contributed by atoms with van der Waals surface area (Å²) in [5.74, 6) is 1.62. The van der Waals surface area contributed by atoms with Crippen molar-refractivity contribution in [3.63, 3.8) is 0 Å². The molecule has 96 valence electrons. The highest BCUT2D eigenvalue weighted by atomic mass is 79.9. The fourth-order valence-corrected chi connectivity index (χ4v) is 3.01. The molecule has 2 rings (SSSR count). The van der Waals surface area contributed by atoms with Crippen molar-refractivity contribution >= 4 is 33.0 Å². The summed E-state index contributed by atoms with van der Waals surface area (Å²) in [6, 6.07) is 7.75. The third kappa shape index (κ3) is 2.97. The molecule has 1 heterocycles. The van der Waals surface area contributed by atoms with Gasteiger partial charge in [0.2, 0.25) is 0 Å². The van der Waals surface area contributed by atoms with Crippen molar-refractivity contribution < 1.29 is 9.47 Å². The Hall–Kier alpha value is -1.20. The maximum Gasteiger partial charge on any atom is 0.142 e. The first-order chi connectivity index (χ1) is 8.74. The Morgan fingerprint density at radius 2 is 2.06 bits per heavy atom. The summed E-state index contributed by atoms with van der Waals surface area (Å²) in [5, 5.41) is 5.42. The SMILES string of the molecule is COc1ccc(OC)c(NCc2sccc2Br)c1. The Labute approximate surface area is 119 Å². The maximum atomic E-state index is 5.32. The third-order valence-electron chi connectivity index (χ3n) is 2.54. The van der Waals surface area contributed by atoms with Crippen molar-refractivity contribution in [2.24, 2.45) is 0 Å². The molecule has 18 heavy (non-hydrogen) atoms. The molecule has 0 amide bonds. The van der Waals surface area contributed by atoms with Crippen LogP contribution in [0.4, 0.5) is 5.69 Å². The Morgan fingerprint density at radius 3 is 2.67 bits per heavy atom. The normalized spacial score (nSPS) is 10.2. The van der Waals surface area contributed by atoms with Crippen LogP contribution in [0.1, 0.15) is 4.88 Å². The Kier molecular flexibility index (Phi) is 4.49. The molecule has 5 heteroatoms. The molecule has 0 aliphatic heterocycles. The van der Waals surface area contributed by atoms with E-state index in [-0.39, 0.29) is 0 Å². The van der Waals surface area contributed by atoms with Gasteiger partial charge in [0.05, 0.1) is 26.5 Å². The molecule has 0 atom stereocenters. The number of halogens is 1. The van der Waals surface area contributed by atoms with Crippen molar-refractivity contribution in [1.29, 1.82) is 0 Å². The zero-order chi connectivity index (χ0) is 13.0. The number of benzene rings is 1. The monoisotopic (exact) mass is 327 g/mol. The van der Waals surface area contributed by atoms with Gasteiger partial charge in [-0.15, -0.1) is 11.3 Å². The molecule has 1 aromatic heterocycles. The van der Waals surface area contributed by atoms with Gasteiger partial charge in [-0.3, -0.25) is 0 Å². The maximum absolute atomic E-state index is 5.32. The predicted molar refractivity (Wildman–Crippen MR) is 78.9 cm³/mol. The van der Waals surface area contributed by atoms with Gasteiger partial charge in [-0.05, 0) is 39.5 Å². The number of anilines is 1. The largest absolute Gasteiger partial charge is 0.497 e. The zero-order valence-electron chi connectivity index (χ0n) is 10.2. The fraction of sp³-hybridized carbons (Fsp3) is 0.231. The molecule has 0 aliphatic carbocycles. The van der Waals surface area contributed by atoms with Crippen molar-refractivity contribution in [3.8, 4) is 11.5 Å². The van der Waals surface area contributed by atoms with Gasteiger partial charge in [-0.25, -0.2) is 0 Å². The van der Waals surface area contributed by atoms with E-state index in [9.17, 15) is 0 Å². The van der Waals surface area contributed by atoms with Gasteiger partial charge in [-0.1, -0.05) is 0 Å². The second-order valence-corrected chi connectivity index (χ2v) is 5.47. The lowest BCUT2D eigenvalue weighted by atomic mass is 10.2. The molecule has 0 radical (unpaired) electrons. The number of hydrogen-bond acceptors (Lipinski definition) is 4. The predicted octanol–water partition coefficient (Wildman–Crippen LogP) is 4.14. The summed E-state index contributed by atoms with van der Waals surface area (Å²) < 4.78 is 11.7. The van der Waals surface area contributed by atoms with E-state index in [1.165, 1.54) is 4.88 Å². The van der Waals surface area contributed by atoms with Crippen molar-refractivity contribution in [3.05, 3.63) is 39.0 Å². The smallest absolute Gasteiger partial charge is 0.142 e. The highest BCUT2D eigenvalue weighted by molar-refractivity contribution is 9.10. The third-order valence-corrected chi connectivity index (χ3v) is 4.46. The van der Waals surface area contributed by atoms with Crippen molar-refractivity contribution in [2.45, 2.75) is 6.54 Å². The Balaban J connectivity index is 2.14. The van der Waals surface area contributed by atoms with Crippen LogP contribution in [0.2, 0.25) is 0 Å². The van der Waals surface area contributed by atoms with Crippen molar-refractivity contribution in [2.75, 3.05) is 19.5 Å². The standard InChI is InChI=1S/C13H14BrNO2S/c1-16-9-3-4-12(17-2)11(7-9)15-8-13-10(14)5-6-18-13/h3-7,15H,8H2,1-2H3. The molecule has 2 aromatic rings. The topological polar surface area (TPSA) is 30.5 Å². The van der Waals surface area contributed by atoms with Crippen molar-refractivity contribution in [1.82, 2.24) is 0 Å². The van der Waals surface area contributed by atoms with E-state index in [1.807, 2.05) is 24.3 Å². The minimum absolute atomic E-state index is 0.752. The first-order valence-electron chi connectivity index (χ1n) is 5.42. The first kappa shape index (κ1) is 13.2. The second kappa shape index (κ2) is 6.11. The van der Waals surface area contributed by atoms with Gasteiger partial charge in [-0.2, -0.15) is 0 Å². The summed E-state index contributed by atoms with van der Waals surface area (Å²) in [7, 11) is 3.31. The highest BCUT2D eigenvalue weighted by Gasteiger charge is 2.06. The molecular weight excluding hydrogens is 314 g/mol. The molecule has 0 bridgehead atoms. The molecule has 0 spiro atoms. The lowest BCUT2D eigenvalue weighted by molar-refractivity contribution is 0.404.